The molecule has 3 heterocycles. The van der Waals surface area contributed by atoms with E-state index in [0.717, 1.165) is 43.3 Å². The van der Waals surface area contributed by atoms with Gasteiger partial charge in [0.1, 0.15) is 5.69 Å². The molecule has 1 aromatic heterocycles. The highest BCUT2D eigenvalue weighted by Gasteiger charge is 2.25. The lowest BCUT2D eigenvalue weighted by Crippen LogP contribution is -2.35. The van der Waals surface area contributed by atoms with Gasteiger partial charge in [-0.05, 0) is 24.1 Å². The van der Waals surface area contributed by atoms with Crippen molar-refractivity contribution < 1.29 is 23.8 Å². The Kier molecular flexibility index (Phi) is 7.36. The molecule has 2 saturated heterocycles. The van der Waals surface area contributed by atoms with Gasteiger partial charge in [0.15, 0.2) is 5.13 Å². The van der Waals surface area contributed by atoms with E-state index < -0.39 is 5.97 Å². The van der Waals surface area contributed by atoms with Crippen LogP contribution in [-0.4, -0.2) is 81.5 Å². The van der Waals surface area contributed by atoms with E-state index in [1.807, 2.05) is 6.07 Å². The number of benzene rings is 1. The third-order valence-electron chi connectivity index (χ3n) is 5.72. The van der Waals surface area contributed by atoms with Gasteiger partial charge in [0, 0.05) is 45.2 Å². The molecule has 2 aromatic rings. The maximum absolute atomic E-state index is 12.8. The Labute approximate surface area is 191 Å². The highest BCUT2D eigenvalue weighted by Crippen LogP contribution is 2.27. The Morgan fingerprint density at radius 1 is 1.25 bits per heavy atom. The van der Waals surface area contributed by atoms with E-state index in [1.165, 1.54) is 18.4 Å². The van der Waals surface area contributed by atoms with Crippen LogP contribution in [0, 0.1) is 0 Å². The molecule has 0 unspecified atom stereocenters. The zero-order valence-electron chi connectivity index (χ0n) is 18.3. The van der Waals surface area contributed by atoms with E-state index >= 15 is 0 Å². The van der Waals surface area contributed by atoms with Crippen LogP contribution < -0.4 is 10.2 Å². The number of nitrogens with zero attached hydrogens (tertiary/aromatic N) is 3. The van der Waals surface area contributed by atoms with Crippen molar-refractivity contribution in [2.45, 2.75) is 19.1 Å². The Bertz CT molecular complexity index is 960. The van der Waals surface area contributed by atoms with Crippen LogP contribution in [0.1, 0.15) is 32.8 Å². The van der Waals surface area contributed by atoms with Crippen LogP contribution in [0.3, 0.4) is 0 Å². The number of ether oxygens (including phenoxy) is 3. The number of rotatable bonds is 7. The number of carbonyl (C=O) groups excluding carboxylic acids is 2. The van der Waals surface area contributed by atoms with E-state index in [4.69, 9.17) is 14.2 Å². The van der Waals surface area contributed by atoms with Crippen LogP contribution in [0.4, 0.5) is 10.8 Å². The number of esters is 1. The van der Waals surface area contributed by atoms with Crippen LogP contribution in [0.15, 0.2) is 23.6 Å². The number of aromatic nitrogens is 1. The SMILES string of the molecule is COC(=O)c1cc(CN2CCOCC2)ccc1NC(=O)c1csc(N2CC[C@H](OC)C2)n1. The summed E-state index contributed by atoms with van der Waals surface area (Å²) in [6.07, 6.45) is 1.13. The van der Waals surface area contributed by atoms with Crippen LogP contribution >= 0.6 is 11.3 Å². The van der Waals surface area contributed by atoms with Crippen LogP contribution in [0.25, 0.3) is 0 Å². The van der Waals surface area contributed by atoms with E-state index in [1.54, 1.807) is 24.6 Å². The molecule has 0 spiro atoms. The van der Waals surface area contributed by atoms with Crippen molar-refractivity contribution in [1.29, 1.82) is 0 Å². The molecule has 1 N–H and O–H groups in total. The summed E-state index contributed by atoms with van der Waals surface area (Å²) < 4.78 is 15.7. The molecule has 1 amide bonds. The third kappa shape index (κ3) is 5.26. The van der Waals surface area contributed by atoms with Crippen molar-refractivity contribution in [1.82, 2.24) is 9.88 Å². The number of hydrogen-bond acceptors (Lipinski definition) is 9. The minimum atomic E-state index is -0.495. The Balaban J connectivity index is 1.46. The fourth-order valence-corrected chi connectivity index (χ4v) is 4.73. The van der Waals surface area contributed by atoms with Gasteiger partial charge in [-0.25, -0.2) is 9.78 Å². The van der Waals surface area contributed by atoms with E-state index in [0.29, 0.717) is 36.7 Å². The second-order valence-electron chi connectivity index (χ2n) is 7.82. The normalized spacial score (nSPS) is 19.2. The van der Waals surface area contributed by atoms with Crippen molar-refractivity contribution in [2.24, 2.45) is 0 Å². The van der Waals surface area contributed by atoms with Crippen molar-refractivity contribution in [3.8, 4) is 0 Å². The molecule has 0 aliphatic carbocycles. The second kappa shape index (κ2) is 10.4. The van der Waals surface area contributed by atoms with Crippen LogP contribution in [0.5, 0.6) is 0 Å². The van der Waals surface area contributed by atoms with Gasteiger partial charge in [-0.2, -0.15) is 0 Å². The zero-order valence-corrected chi connectivity index (χ0v) is 19.2. The van der Waals surface area contributed by atoms with Gasteiger partial charge in [-0.15, -0.1) is 11.3 Å². The standard InChI is InChI=1S/C22H28N4O5S/c1-29-16-5-6-26(13-16)22-24-19(14-32-22)20(27)23-18-4-3-15(11-17(18)21(28)30-2)12-25-7-9-31-10-8-25/h3-4,11,14,16H,5-10,12-13H2,1-2H3,(H,23,27)/t16-/m0/s1. The number of amides is 1. The summed E-state index contributed by atoms with van der Waals surface area (Å²) in [7, 11) is 3.04. The average molecular weight is 461 g/mol. The molecule has 9 nitrogen and oxygen atoms in total. The van der Waals surface area contributed by atoms with Crippen molar-refractivity contribution in [3.63, 3.8) is 0 Å². The van der Waals surface area contributed by atoms with Crippen LogP contribution in [0.2, 0.25) is 0 Å². The first-order valence-electron chi connectivity index (χ1n) is 10.6. The van der Waals surface area contributed by atoms with Crippen molar-refractivity contribution in [3.05, 3.63) is 40.4 Å². The summed E-state index contributed by atoms with van der Waals surface area (Å²) in [5.74, 6) is -0.855. The van der Waals surface area contributed by atoms with Crippen molar-refractivity contribution in [2.75, 3.05) is 63.8 Å². The molecule has 2 fully saturated rings. The molecular weight excluding hydrogens is 432 g/mol. The molecule has 172 valence electrons. The van der Waals surface area contributed by atoms with E-state index in [2.05, 4.69) is 20.1 Å². The lowest BCUT2D eigenvalue weighted by Gasteiger charge is -2.26. The first kappa shape index (κ1) is 22.7. The Morgan fingerprint density at radius 2 is 2.06 bits per heavy atom. The van der Waals surface area contributed by atoms with Crippen LogP contribution in [-0.2, 0) is 20.8 Å². The molecule has 2 aliphatic heterocycles. The predicted molar refractivity (Wildman–Crippen MR) is 122 cm³/mol. The Hall–Kier alpha value is -2.53. The van der Waals surface area contributed by atoms with E-state index in [9.17, 15) is 9.59 Å². The summed E-state index contributed by atoms with van der Waals surface area (Å²) in [6, 6.07) is 5.44. The Morgan fingerprint density at radius 3 is 2.78 bits per heavy atom. The molecule has 32 heavy (non-hydrogen) atoms. The molecule has 0 radical (unpaired) electrons. The fraction of sp³-hybridized carbons (Fsp3) is 0.500. The number of nitrogens with one attached hydrogen (secondary N) is 1. The summed E-state index contributed by atoms with van der Waals surface area (Å²) in [6.45, 7) is 5.43. The molecular formula is C22H28N4O5S. The number of anilines is 2. The largest absolute Gasteiger partial charge is 0.465 e. The molecule has 1 atom stereocenters. The first-order chi connectivity index (χ1) is 15.6. The molecule has 10 heteroatoms. The van der Waals surface area contributed by atoms with Gasteiger partial charge in [0.25, 0.3) is 5.91 Å². The minimum Gasteiger partial charge on any atom is -0.465 e. The van der Waals surface area contributed by atoms with Gasteiger partial charge >= 0.3 is 5.97 Å². The summed E-state index contributed by atoms with van der Waals surface area (Å²) in [5, 5.41) is 5.35. The summed E-state index contributed by atoms with van der Waals surface area (Å²) >= 11 is 1.43. The quantitative estimate of drug-likeness (QED) is 0.629. The second-order valence-corrected chi connectivity index (χ2v) is 8.66. The number of thiazole rings is 1. The molecule has 2 aliphatic rings. The van der Waals surface area contributed by atoms with Gasteiger partial charge < -0.3 is 24.4 Å². The highest BCUT2D eigenvalue weighted by molar-refractivity contribution is 7.14. The molecule has 0 bridgehead atoms. The summed E-state index contributed by atoms with van der Waals surface area (Å²) in [4.78, 5) is 34.1. The van der Waals surface area contributed by atoms with Gasteiger partial charge in [0.05, 0.1) is 37.7 Å². The number of morpholine rings is 1. The highest BCUT2D eigenvalue weighted by atomic mass is 32.1. The van der Waals surface area contributed by atoms with Gasteiger partial charge in [0.2, 0.25) is 0 Å². The molecule has 0 saturated carbocycles. The van der Waals surface area contributed by atoms with Crippen molar-refractivity contribution >= 4 is 34.0 Å². The molecule has 4 rings (SSSR count). The fourth-order valence-electron chi connectivity index (χ4n) is 3.89. The molecule has 1 aromatic carbocycles. The lowest BCUT2D eigenvalue weighted by molar-refractivity contribution is 0.0341. The monoisotopic (exact) mass is 460 g/mol. The maximum atomic E-state index is 12.8. The lowest BCUT2D eigenvalue weighted by atomic mass is 10.1. The number of carbonyl (C=O) groups is 2. The average Bonchev–Trinajstić information content (AvgIpc) is 3.50. The van der Waals surface area contributed by atoms with E-state index in [-0.39, 0.29) is 12.0 Å². The summed E-state index contributed by atoms with van der Waals surface area (Å²) in [5.41, 5.74) is 2.02. The number of methoxy groups -OCH3 is 2. The minimum absolute atomic E-state index is 0.190. The third-order valence-corrected chi connectivity index (χ3v) is 6.62. The maximum Gasteiger partial charge on any atom is 0.339 e. The number of hydrogen-bond donors (Lipinski definition) is 1. The van der Waals surface area contributed by atoms with Gasteiger partial charge in [-0.1, -0.05) is 6.07 Å². The predicted octanol–water partition coefficient (Wildman–Crippen LogP) is 2.24. The first-order valence-corrected chi connectivity index (χ1v) is 11.5. The smallest absolute Gasteiger partial charge is 0.339 e. The zero-order chi connectivity index (χ0) is 22.5. The van der Waals surface area contributed by atoms with Gasteiger partial charge in [-0.3, -0.25) is 9.69 Å². The topological polar surface area (TPSA) is 93.2 Å².